The average Bonchev–Trinajstić information content (AvgIpc) is 3.26. The van der Waals surface area contributed by atoms with Crippen LogP contribution in [0.5, 0.6) is 11.5 Å². The zero-order valence-corrected chi connectivity index (χ0v) is 22.9. The van der Waals surface area contributed by atoms with Crippen LogP contribution in [-0.4, -0.2) is 47.7 Å². The van der Waals surface area contributed by atoms with Crippen LogP contribution in [0.15, 0.2) is 54.9 Å². The number of ether oxygens (including phenoxy) is 3. The number of aromatic nitrogens is 3. The molecule has 10 heteroatoms. The highest BCUT2D eigenvalue weighted by atomic mass is 16.5. The summed E-state index contributed by atoms with van der Waals surface area (Å²) < 4.78 is 17.8. The Hall–Kier alpha value is -4.60. The van der Waals surface area contributed by atoms with Gasteiger partial charge in [-0.15, -0.1) is 0 Å². The highest BCUT2D eigenvalue weighted by Gasteiger charge is 2.30. The molecule has 1 fully saturated rings. The van der Waals surface area contributed by atoms with Crippen LogP contribution in [0.4, 0.5) is 11.4 Å². The van der Waals surface area contributed by atoms with E-state index in [0.29, 0.717) is 47.7 Å². The summed E-state index contributed by atoms with van der Waals surface area (Å²) in [5.41, 5.74) is 3.80. The number of methoxy groups -OCH3 is 3. The van der Waals surface area contributed by atoms with Gasteiger partial charge in [-0.05, 0) is 43.2 Å². The molecule has 3 heterocycles. The van der Waals surface area contributed by atoms with E-state index in [1.807, 2.05) is 47.0 Å². The molecule has 1 amide bonds. The number of hydrogen-bond acceptors (Lipinski definition) is 8. The molecule has 3 aromatic heterocycles. The Morgan fingerprint density at radius 3 is 2.58 bits per heavy atom. The third kappa shape index (κ3) is 5.56. The second kappa shape index (κ2) is 12.1. The maximum absolute atomic E-state index is 13.1. The lowest BCUT2D eigenvalue weighted by Crippen LogP contribution is -2.29. The molecule has 5 rings (SSSR count). The van der Waals surface area contributed by atoms with Crippen molar-refractivity contribution in [3.63, 3.8) is 0 Å². The van der Waals surface area contributed by atoms with Crippen molar-refractivity contribution in [2.75, 3.05) is 32.0 Å². The molecule has 208 valence electrons. The number of benzene rings is 1. The number of esters is 1. The van der Waals surface area contributed by atoms with E-state index in [-0.39, 0.29) is 17.5 Å². The fourth-order valence-electron chi connectivity index (χ4n) is 4.84. The van der Waals surface area contributed by atoms with Gasteiger partial charge in [0.1, 0.15) is 17.1 Å². The Bertz CT molecular complexity index is 1510. The van der Waals surface area contributed by atoms with Crippen molar-refractivity contribution in [2.24, 2.45) is 5.92 Å². The van der Waals surface area contributed by atoms with E-state index in [2.05, 4.69) is 15.6 Å². The van der Waals surface area contributed by atoms with Gasteiger partial charge in [0, 0.05) is 54.3 Å². The molecule has 0 bridgehead atoms. The minimum Gasteiger partial charge on any atom is -0.497 e. The molecule has 0 spiro atoms. The van der Waals surface area contributed by atoms with Gasteiger partial charge in [-0.1, -0.05) is 12.5 Å². The molecule has 10 nitrogen and oxygen atoms in total. The normalized spacial score (nSPS) is 13.0. The van der Waals surface area contributed by atoms with E-state index in [0.717, 1.165) is 36.2 Å². The third-order valence-electron chi connectivity index (χ3n) is 7.30. The molecule has 0 atom stereocenters. The van der Waals surface area contributed by atoms with E-state index in [1.165, 1.54) is 7.11 Å². The van der Waals surface area contributed by atoms with Crippen LogP contribution in [-0.2, 0) is 29.0 Å². The van der Waals surface area contributed by atoms with E-state index in [9.17, 15) is 9.59 Å². The number of rotatable bonds is 11. The summed E-state index contributed by atoms with van der Waals surface area (Å²) in [7, 11) is 4.56. The molecule has 0 saturated heterocycles. The molecule has 1 aliphatic rings. The lowest BCUT2D eigenvalue weighted by atomic mass is 9.85. The van der Waals surface area contributed by atoms with Crippen LogP contribution >= 0.6 is 0 Å². The zero-order chi connectivity index (χ0) is 28.1. The number of anilines is 2. The molecule has 1 aromatic carbocycles. The summed E-state index contributed by atoms with van der Waals surface area (Å²) in [6.07, 6.45) is 6.73. The SMILES string of the molecule is COC(=O)c1c(NC(=O)C2CCC2)c2cc(NCc3ccc(OC)cc3OC)cnc2n1CCc1ccccn1. The van der Waals surface area contributed by atoms with Gasteiger partial charge in [-0.3, -0.25) is 9.78 Å². The topological polar surface area (TPSA) is 117 Å². The van der Waals surface area contributed by atoms with Gasteiger partial charge in [0.05, 0.1) is 38.9 Å². The van der Waals surface area contributed by atoms with Crippen molar-refractivity contribution < 1.29 is 23.8 Å². The van der Waals surface area contributed by atoms with Gasteiger partial charge in [0.2, 0.25) is 5.91 Å². The van der Waals surface area contributed by atoms with Gasteiger partial charge >= 0.3 is 5.97 Å². The van der Waals surface area contributed by atoms with Crippen molar-refractivity contribution in [1.82, 2.24) is 14.5 Å². The number of amides is 1. The molecule has 40 heavy (non-hydrogen) atoms. The molecule has 4 aromatic rings. The first-order valence-corrected chi connectivity index (χ1v) is 13.3. The number of aryl methyl sites for hydroxylation is 2. The minimum absolute atomic E-state index is 0.0609. The zero-order valence-electron chi connectivity index (χ0n) is 22.9. The highest BCUT2D eigenvalue weighted by molar-refractivity contribution is 6.11. The molecule has 0 aliphatic heterocycles. The molecular formula is C30H33N5O5. The number of fused-ring (bicyclic) bond motifs is 1. The maximum Gasteiger partial charge on any atom is 0.356 e. The van der Waals surface area contributed by atoms with Gasteiger partial charge in [-0.2, -0.15) is 0 Å². The number of nitrogens with one attached hydrogen (secondary N) is 2. The fourth-order valence-corrected chi connectivity index (χ4v) is 4.84. The number of pyridine rings is 2. The molecular weight excluding hydrogens is 510 g/mol. The Balaban J connectivity index is 1.52. The largest absolute Gasteiger partial charge is 0.497 e. The maximum atomic E-state index is 13.1. The lowest BCUT2D eigenvalue weighted by Gasteiger charge is -2.24. The summed E-state index contributed by atoms with van der Waals surface area (Å²) in [5.74, 6) is 0.706. The van der Waals surface area contributed by atoms with Crippen LogP contribution in [0, 0.1) is 5.92 Å². The Morgan fingerprint density at radius 2 is 1.90 bits per heavy atom. The highest BCUT2D eigenvalue weighted by Crippen LogP contribution is 2.35. The predicted molar refractivity (Wildman–Crippen MR) is 152 cm³/mol. The summed E-state index contributed by atoms with van der Waals surface area (Å²) in [6.45, 7) is 0.897. The smallest absolute Gasteiger partial charge is 0.356 e. The van der Waals surface area contributed by atoms with E-state index < -0.39 is 5.97 Å². The van der Waals surface area contributed by atoms with Gasteiger partial charge in [0.25, 0.3) is 0 Å². The summed E-state index contributed by atoms with van der Waals surface area (Å²) in [6, 6.07) is 13.3. The summed E-state index contributed by atoms with van der Waals surface area (Å²) in [5, 5.41) is 7.09. The standard InChI is InChI=1S/C30H33N5O5/c1-38-23-11-10-20(25(16-23)39-2)17-32-22-15-24-26(34-29(36)19-7-6-8-19)27(30(37)40-3)35(28(24)33-18-22)14-12-21-9-4-5-13-31-21/h4-5,9-11,13,15-16,18-19,32H,6-8,12,14,17H2,1-3H3,(H,34,36). The van der Waals surface area contributed by atoms with E-state index >= 15 is 0 Å². The van der Waals surface area contributed by atoms with Crippen LogP contribution in [0.25, 0.3) is 11.0 Å². The molecule has 0 radical (unpaired) electrons. The predicted octanol–water partition coefficient (Wildman–Crippen LogP) is 4.83. The second-order valence-corrected chi connectivity index (χ2v) is 9.68. The van der Waals surface area contributed by atoms with E-state index in [1.54, 1.807) is 26.6 Å². The number of nitrogens with zero attached hydrogens (tertiary/aromatic N) is 3. The molecule has 1 saturated carbocycles. The quantitative estimate of drug-likeness (QED) is 0.259. The Morgan fingerprint density at radius 1 is 1.05 bits per heavy atom. The van der Waals surface area contributed by atoms with Crippen LogP contribution in [0.3, 0.4) is 0 Å². The molecule has 2 N–H and O–H groups in total. The summed E-state index contributed by atoms with van der Waals surface area (Å²) >= 11 is 0. The third-order valence-corrected chi connectivity index (χ3v) is 7.30. The van der Waals surface area contributed by atoms with Gasteiger partial charge in [0.15, 0.2) is 5.69 Å². The fraction of sp³-hybridized carbons (Fsp3) is 0.333. The van der Waals surface area contributed by atoms with Crippen molar-refractivity contribution in [3.05, 3.63) is 71.8 Å². The molecule has 0 unspecified atom stereocenters. The lowest BCUT2D eigenvalue weighted by molar-refractivity contribution is -0.122. The van der Waals surface area contributed by atoms with Crippen LogP contribution in [0.1, 0.15) is 41.0 Å². The summed E-state index contributed by atoms with van der Waals surface area (Å²) in [4.78, 5) is 35.3. The monoisotopic (exact) mass is 543 g/mol. The number of carbonyl (C=O) groups excluding carboxylic acids is 2. The van der Waals surface area contributed by atoms with Crippen LogP contribution in [0.2, 0.25) is 0 Å². The first-order chi connectivity index (χ1) is 19.5. The minimum atomic E-state index is -0.541. The average molecular weight is 544 g/mol. The van der Waals surface area contributed by atoms with Crippen molar-refractivity contribution in [1.29, 1.82) is 0 Å². The molecule has 1 aliphatic carbocycles. The van der Waals surface area contributed by atoms with Gasteiger partial charge in [-0.25, -0.2) is 9.78 Å². The Kier molecular flexibility index (Phi) is 8.14. The number of carbonyl (C=O) groups is 2. The first kappa shape index (κ1) is 27.0. The number of hydrogen-bond donors (Lipinski definition) is 2. The van der Waals surface area contributed by atoms with Gasteiger partial charge < -0.3 is 29.4 Å². The van der Waals surface area contributed by atoms with Crippen molar-refractivity contribution in [3.8, 4) is 11.5 Å². The van der Waals surface area contributed by atoms with Crippen molar-refractivity contribution in [2.45, 2.75) is 38.8 Å². The van der Waals surface area contributed by atoms with Crippen LogP contribution < -0.4 is 20.1 Å². The Labute approximate surface area is 232 Å². The second-order valence-electron chi connectivity index (χ2n) is 9.68. The van der Waals surface area contributed by atoms with Crippen molar-refractivity contribution >= 4 is 34.3 Å². The first-order valence-electron chi connectivity index (χ1n) is 13.3. The van der Waals surface area contributed by atoms with E-state index in [4.69, 9.17) is 19.2 Å².